The second kappa shape index (κ2) is 9.11. The first kappa shape index (κ1) is 20.9. The zero-order valence-electron chi connectivity index (χ0n) is 15.8. The minimum Gasteiger partial charge on any atom is -0.508 e. The van der Waals surface area contributed by atoms with Gasteiger partial charge in [-0.2, -0.15) is 0 Å². The molecular weight excluding hydrogens is 409 g/mol. The molecule has 1 aliphatic carbocycles. The predicted molar refractivity (Wildman–Crippen MR) is 119 cm³/mol. The largest absolute Gasteiger partial charge is 0.508 e. The molecule has 4 rings (SSSR count). The normalized spacial score (nSPS) is 12.7. The van der Waals surface area contributed by atoms with E-state index in [1.165, 1.54) is 36.0 Å². The summed E-state index contributed by atoms with van der Waals surface area (Å²) in [6.07, 6.45) is 4.60. The van der Waals surface area contributed by atoms with E-state index in [-0.39, 0.29) is 23.3 Å². The monoisotopic (exact) mass is 429 g/mol. The van der Waals surface area contributed by atoms with Crippen molar-refractivity contribution in [1.29, 1.82) is 5.41 Å². The number of nitrogens with one attached hydrogen (secondary N) is 2. The summed E-state index contributed by atoms with van der Waals surface area (Å²) >= 11 is 10.9. The topological polar surface area (TPSA) is 108 Å². The number of hydrogen-bond acceptors (Lipinski definition) is 6. The summed E-state index contributed by atoms with van der Waals surface area (Å²) in [6, 6.07) is 12.9. The lowest BCUT2D eigenvalue weighted by Crippen LogP contribution is -2.23. The van der Waals surface area contributed by atoms with Gasteiger partial charge < -0.3 is 16.2 Å². The van der Waals surface area contributed by atoms with Crippen molar-refractivity contribution in [2.45, 2.75) is 18.9 Å². The number of nitrogens with zero attached hydrogens (tertiary/aromatic N) is 2. The smallest absolute Gasteiger partial charge is 0.141 e. The Hall–Kier alpha value is -2.83. The molecule has 0 spiro atoms. The molecule has 0 bridgehead atoms. The van der Waals surface area contributed by atoms with Gasteiger partial charge in [0.15, 0.2) is 0 Å². The van der Waals surface area contributed by atoms with E-state index >= 15 is 0 Å². The molecule has 0 fully saturated rings. The molecule has 8 heteroatoms. The maximum atomic E-state index is 9.77. The highest BCUT2D eigenvalue weighted by Crippen LogP contribution is 2.30. The molecule has 1 aromatic heterocycles. The van der Waals surface area contributed by atoms with Gasteiger partial charge in [-0.25, -0.2) is 9.97 Å². The fraction of sp³-hybridized carbons (Fsp3) is 0.190. The number of anilines is 2. The maximum absolute atomic E-state index is 9.77. The Balaban J connectivity index is 0.00000117. The first-order valence-electron chi connectivity index (χ1n) is 8.92. The fourth-order valence-electron chi connectivity index (χ4n) is 3.45. The summed E-state index contributed by atoms with van der Waals surface area (Å²) in [5, 5.41) is 22.1. The molecule has 0 atom stereocenters. The Morgan fingerprint density at radius 2 is 1.79 bits per heavy atom. The molecule has 0 amide bonds. The third kappa shape index (κ3) is 4.44. The molecule has 0 radical (unpaired) electrons. The van der Waals surface area contributed by atoms with Crippen LogP contribution in [0.2, 0.25) is 5.02 Å². The highest BCUT2D eigenvalue weighted by Gasteiger charge is 2.24. The van der Waals surface area contributed by atoms with E-state index in [2.05, 4.69) is 39.0 Å². The number of alkyl halides is 1. The van der Waals surface area contributed by atoms with Gasteiger partial charge in [0, 0.05) is 18.0 Å². The van der Waals surface area contributed by atoms with Crippen molar-refractivity contribution in [2.75, 3.05) is 17.4 Å². The van der Waals surface area contributed by atoms with Crippen LogP contribution in [0.25, 0.3) is 0 Å². The Kier molecular flexibility index (Phi) is 6.56. The minimum atomic E-state index is 0.0234. The Morgan fingerprint density at radius 3 is 2.45 bits per heavy atom. The van der Waals surface area contributed by atoms with E-state index in [0.717, 1.165) is 12.8 Å². The second-order valence-corrected chi connectivity index (χ2v) is 6.95. The van der Waals surface area contributed by atoms with Gasteiger partial charge in [-0.15, -0.1) is 11.6 Å². The first-order chi connectivity index (χ1) is 14.0. The van der Waals surface area contributed by atoms with Crippen LogP contribution in [-0.4, -0.2) is 33.2 Å². The number of nitrogens with two attached hydrogens (primary N) is 1. The van der Waals surface area contributed by atoms with Crippen LogP contribution in [0, 0.1) is 5.41 Å². The van der Waals surface area contributed by atoms with Gasteiger partial charge in [0.2, 0.25) is 0 Å². The number of halogens is 2. The van der Waals surface area contributed by atoms with Crippen LogP contribution in [-0.2, 0) is 12.8 Å². The number of aromatic nitrogens is 2. The van der Waals surface area contributed by atoms with Crippen molar-refractivity contribution in [3.63, 3.8) is 0 Å². The molecular formula is C21H21Cl2N5O. The number of hydrogen-bond donors (Lipinski definition) is 4. The van der Waals surface area contributed by atoms with E-state index < -0.39 is 0 Å². The third-order valence-corrected chi connectivity index (χ3v) is 5.07. The van der Waals surface area contributed by atoms with E-state index in [1.54, 1.807) is 6.07 Å². The van der Waals surface area contributed by atoms with E-state index in [4.69, 9.17) is 22.7 Å². The summed E-state index contributed by atoms with van der Waals surface area (Å²) in [5.41, 5.74) is 9.50. The van der Waals surface area contributed by atoms with Crippen LogP contribution >= 0.6 is 23.2 Å². The molecule has 6 nitrogen and oxygen atoms in total. The lowest BCUT2D eigenvalue weighted by Gasteiger charge is -2.18. The van der Waals surface area contributed by atoms with E-state index in [0.29, 0.717) is 22.0 Å². The van der Waals surface area contributed by atoms with Crippen molar-refractivity contribution in [3.05, 3.63) is 76.1 Å². The van der Waals surface area contributed by atoms with Gasteiger partial charge in [-0.05, 0) is 42.2 Å². The minimum absolute atomic E-state index is 0.0234. The first-order valence-corrected chi connectivity index (χ1v) is 10.1. The van der Waals surface area contributed by atoms with Gasteiger partial charge in [0.25, 0.3) is 0 Å². The molecule has 0 saturated carbocycles. The summed E-state index contributed by atoms with van der Waals surface area (Å²) in [7, 11) is 0. The van der Waals surface area contributed by atoms with Gasteiger partial charge >= 0.3 is 0 Å². The Labute approximate surface area is 179 Å². The van der Waals surface area contributed by atoms with Crippen LogP contribution in [0.15, 0.2) is 48.8 Å². The highest BCUT2D eigenvalue weighted by atomic mass is 35.5. The average Bonchev–Trinajstić information content (AvgIpc) is 3.13. The summed E-state index contributed by atoms with van der Waals surface area (Å²) in [4.78, 5) is 8.35. The van der Waals surface area contributed by atoms with Crippen LogP contribution in [0.3, 0.4) is 0 Å². The molecule has 2 aromatic carbocycles. The van der Waals surface area contributed by atoms with Crippen LogP contribution in [0.1, 0.15) is 22.3 Å². The van der Waals surface area contributed by atoms with E-state index in [1.807, 2.05) is 12.1 Å². The molecule has 29 heavy (non-hydrogen) atoms. The quantitative estimate of drug-likeness (QED) is 0.365. The summed E-state index contributed by atoms with van der Waals surface area (Å²) < 4.78 is 0. The molecule has 5 N–H and O–H groups in total. The van der Waals surface area contributed by atoms with Crippen LogP contribution < -0.4 is 11.1 Å². The van der Waals surface area contributed by atoms with Crippen molar-refractivity contribution in [1.82, 2.24) is 9.97 Å². The Morgan fingerprint density at radius 1 is 1.14 bits per heavy atom. The fourth-order valence-corrected chi connectivity index (χ4v) is 3.66. The lowest BCUT2D eigenvalue weighted by molar-refractivity contribution is 0.475. The number of aromatic hydroxyl groups is 1. The lowest BCUT2D eigenvalue weighted by atomic mass is 10.0. The molecule has 1 heterocycles. The number of benzene rings is 2. The van der Waals surface area contributed by atoms with Gasteiger partial charge in [-0.1, -0.05) is 35.9 Å². The van der Waals surface area contributed by atoms with Crippen molar-refractivity contribution in [2.24, 2.45) is 0 Å². The highest BCUT2D eigenvalue weighted by molar-refractivity contribution is 6.35. The number of nitrogen functional groups attached to an aromatic ring is 1. The molecule has 0 saturated heterocycles. The zero-order valence-corrected chi connectivity index (χ0v) is 17.3. The standard InChI is InChI=1S/C20H18ClN5O.CH3Cl/c21-16-6-5-14(27)9-15(16)18(22)17-19(23)24-10-25-20(17)26-13-7-11-3-1-2-4-12(11)8-13;1-2/h1-6,9-10,13,22,27H,7-8H2,(H3,23,24,25,26);1H3. The SMILES string of the molecule is CCl.N=C(c1cc(O)ccc1Cl)c1c(N)ncnc1NC1Cc2ccccc2C1. The number of phenolic OH excluding ortho intramolecular Hbond substituents is 1. The number of rotatable bonds is 4. The molecule has 0 unspecified atom stereocenters. The van der Waals surface area contributed by atoms with E-state index in [9.17, 15) is 5.11 Å². The third-order valence-electron chi connectivity index (χ3n) is 4.74. The molecule has 3 aromatic rings. The maximum Gasteiger partial charge on any atom is 0.141 e. The van der Waals surface area contributed by atoms with Gasteiger partial charge in [0.05, 0.1) is 16.3 Å². The van der Waals surface area contributed by atoms with Crippen LogP contribution in [0.4, 0.5) is 11.6 Å². The van der Waals surface area contributed by atoms with Gasteiger partial charge in [-0.3, -0.25) is 5.41 Å². The van der Waals surface area contributed by atoms with Crippen LogP contribution in [0.5, 0.6) is 5.75 Å². The molecule has 1 aliphatic rings. The number of fused-ring (bicyclic) bond motifs is 1. The van der Waals surface area contributed by atoms with Crippen molar-refractivity contribution < 1.29 is 5.11 Å². The Bertz CT molecular complexity index is 1020. The van der Waals surface area contributed by atoms with Crippen molar-refractivity contribution in [3.8, 4) is 5.75 Å². The molecule has 0 aliphatic heterocycles. The average molecular weight is 430 g/mol. The van der Waals surface area contributed by atoms with Crippen molar-refractivity contribution >= 4 is 40.5 Å². The second-order valence-electron chi connectivity index (χ2n) is 6.54. The number of phenols is 1. The zero-order chi connectivity index (χ0) is 21.0. The summed E-state index contributed by atoms with van der Waals surface area (Å²) in [6.45, 7) is 0. The van der Waals surface area contributed by atoms with Gasteiger partial charge in [0.1, 0.15) is 23.7 Å². The molecule has 150 valence electrons. The summed E-state index contributed by atoms with van der Waals surface area (Å²) in [5.74, 6) is 0.701. The predicted octanol–water partition coefficient (Wildman–Crippen LogP) is 4.27.